The fourth-order valence-corrected chi connectivity index (χ4v) is 2.16. The van der Waals surface area contributed by atoms with E-state index in [0.717, 1.165) is 10.6 Å². The Bertz CT molecular complexity index is 669. The van der Waals surface area contributed by atoms with E-state index in [1.165, 1.54) is 4.90 Å². The van der Waals surface area contributed by atoms with Crippen molar-refractivity contribution in [2.75, 3.05) is 24.5 Å². The van der Waals surface area contributed by atoms with Gasteiger partial charge in [0.05, 0.1) is 11.9 Å². The van der Waals surface area contributed by atoms with Crippen molar-refractivity contribution >= 4 is 17.8 Å². The van der Waals surface area contributed by atoms with Crippen LogP contribution in [-0.2, 0) is 4.79 Å². The maximum absolute atomic E-state index is 12.0. The molecule has 0 atom stereocenters. The number of para-hydroxylation sites is 1. The molecule has 0 bridgehead atoms. The third-order valence-electron chi connectivity index (χ3n) is 3.27. The first kappa shape index (κ1) is 13.1. The monoisotopic (exact) mass is 287 g/mol. The number of benzene rings is 1. The Labute approximate surface area is 120 Å². The number of nitrogens with zero attached hydrogens (tertiary/aromatic N) is 5. The zero-order valence-corrected chi connectivity index (χ0v) is 11.1. The number of hydrogen-bond acceptors (Lipinski definition) is 4. The van der Waals surface area contributed by atoms with Gasteiger partial charge in [0.15, 0.2) is 5.82 Å². The number of hydrogen-bond donors (Lipinski definition) is 1. The summed E-state index contributed by atoms with van der Waals surface area (Å²) in [5.41, 5.74) is 0.841. The van der Waals surface area contributed by atoms with Crippen molar-refractivity contribution in [3.8, 4) is 5.69 Å². The van der Waals surface area contributed by atoms with Crippen molar-refractivity contribution in [2.45, 2.75) is 0 Å². The van der Waals surface area contributed by atoms with E-state index in [0.29, 0.717) is 5.82 Å². The van der Waals surface area contributed by atoms with Gasteiger partial charge in [0, 0.05) is 13.1 Å². The zero-order valence-electron chi connectivity index (χ0n) is 11.1. The molecule has 1 aliphatic rings. The predicted molar refractivity (Wildman–Crippen MR) is 73.3 cm³/mol. The number of carbonyl (C=O) groups is 2. The Morgan fingerprint density at radius 1 is 1.19 bits per heavy atom. The molecule has 1 fully saturated rings. The fraction of sp³-hybridized carbons (Fsp3) is 0.231. The molecule has 8 heteroatoms. The van der Waals surface area contributed by atoms with Gasteiger partial charge in [0.1, 0.15) is 6.54 Å². The lowest BCUT2D eigenvalue weighted by atomic mass is 10.3. The Morgan fingerprint density at radius 2 is 1.95 bits per heavy atom. The third-order valence-corrected chi connectivity index (χ3v) is 3.27. The Hall–Kier alpha value is -2.90. The first-order valence-corrected chi connectivity index (χ1v) is 6.41. The second-order valence-corrected chi connectivity index (χ2v) is 4.61. The lowest BCUT2D eigenvalue weighted by Crippen LogP contribution is -2.52. The van der Waals surface area contributed by atoms with Gasteiger partial charge in [0.2, 0.25) is 5.91 Å². The fourth-order valence-electron chi connectivity index (χ4n) is 2.16. The minimum Gasteiger partial charge on any atom is -0.465 e. The molecule has 1 N–H and O–H groups in total. The second kappa shape index (κ2) is 5.23. The number of carbonyl (C=O) groups excluding carboxylic acids is 1. The first-order chi connectivity index (χ1) is 10.1. The van der Waals surface area contributed by atoms with E-state index in [-0.39, 0.29) is 25.5 Å². The summed E-state index contributed by atoms with van der Waals surface area (Å²) in [6.45, 7) is 0.380. The van der Waals surface area contributed by atoms with Gasteiger partial charge in [-0.15, -0.1) is 5.10 Å². The van der Waals surface area contributed by atoms with Gasteiger partial charge in [-0.2, -0.15) is 0 Å². The average molecular weight is 287 g/mol. The lowest BCUT2D eigenvalue weighted by Gasteiger charge is -2.30. The van der Waals surface area contributed by atoms with Crippen LogP contribution in [0.25, 0.3) is 5.69 Å². The van der Waals surface area contributed by atoms with Gasteiger partial charge in [0.25, 0.3) is 0 Å². The van der Waals surface area contributed by atoms with E-state index in [9.17, 15) is 9.59 Å². The summed E-state index contributed by atoms with van der Waals surface area (Å²) in [6.07, 6.45) is 0.569. The van der Waals surface area contributed by atoms with Crippen LogP contribution in [-0.4, -0.2) is 56.6 Å². The summed E-state index contributed by atoms with van der Waals surface area (Å²) in [5, 5.41) is 16.9. The summed E-state index contributed by atoms with van der Waals surface area (Å²) in [4.78, 5) is 25.4. The molecule has 8 nitrogen and oxygen atoms in total. The molecule has 21 heavy (non-hydrogen) atoms. The number of anilines is 1. The molecule has 1 aromatic heterocycles. The molecule has 2 aromatic rings. The van der Waals surface area contributed by atoms with Crippen LogP contribution in [0.4, 0.5) is 10.6 Å². The summed E-state index contributed by atoms with van der Waals surface area (Å²) < 4.78 is 1.58. The number of aromatic nitrogens is 3. The molecule has 1 aromatic carbocycles. The third kappa shape index (κ3) is 2.55. The van der Waals surface area contributed by atoms with Crippen molar-refractivity contribution < 1.29 is 14.7 Å². The molecule has 0 saturated carbocycles. The van der Waals surface area contributed by atoms with Gasteiger partial charge >= 0.3 is 6.09 Å². The van der Waals surface area contributed by atoms with E-state index in [2.05, 4.69) is 10.3 Å². The van der Waals surface area contributed by atoms with E-state index in [4.69, 9.17) is 5.11 Å². The SMILES string of the molecule is O=C(O)N1CCN(c2cn(-c3ccccc3)nn2)C(=O)C1. The summed E-state index contributed by atoms with van der Waals surface area (Å²) in [6, 6.07) is 9.42. The van der Waals surface area contributed by atoms with E-state index in [1.54, 1.807) is 10.9 Å². The number of amides is 2. The van der Waals surface area contributed by atoms with Crippen LogP contribution in [0, 0.1) is 0 Å². The van der Waals surface area contributed by atoms with Gasteiger partial charge in [-0.05, 0) is 12.1 Å². The number of rotatable bonds is 2. The molecule has 108 valence electrons. The van der Waals surface area contributed by atoms with Crippen LogP contribution >= 0.6 is 0 Å². The number of carboxylic acid groups (broad SMARTS) is 1. The molecule has 0 spiro atoms. The Morgan fingerprint density at radius 3 is 2.62 bits per heavy atom. The topological polar surface area (TPSA) is 91.6 Å². The highest BCUT2D eigenvalue weighted by Crippen LogP contribution is 2.16. The molecule has 0 aliphatic carbocycles. The smallest absolute Gasteiger partial charge is 0.407 e. The average Bonchev–Trinajstić information content (AvgIpc) is 2.97. The van der Waals surface area contributed by atoms with Crippen molar-refractivity contribution in [3.05, 3.63) is 36.5 Å². The summed E-state index contributed by atoms with van der Waals surface area (Å²) in [5.74, 6) is 0.123. The van der Waals surface area contributed by atoms with Crippen molar-refractivity contribution in [2.24, 2.45) is 0 Å². The largest absolute Gasteiger partial charge is 0.465 e. The highest BCUT2D eigenvalue weighted by atomic mass is 16.4. The van der Waals surface area contributed by atoms with Crippen LogP contribution in [0.15, 0.2) is 36.5 Å². The summed E-state index contributed by atoms with van der Waals surface area (Å²) >= 11 is 0. The molecule has 0 radical (unpaired) electrons. The molecular formula is C13H13N5O3. The van der Waals surface area contributed by atoms with E-state index >= 15 is 0 Å². The molecule has 1 aliphatic heterocycles. The predicted octanol–water partition coefficient (Wildman–Crippen LogP) is 0.594. The maximum atomic E-state index is 12.0. The van der Waals surface area contributed by atoms with Crippen LogP contribution in [0.2, 0.25) is 0 Å². The van der Waals surface area contributed by atoms with Crippen molar-refractivity contribution in [1.82, 2.24) is 19.9 Å². The van der Waals surface area contributed by atoms with Gasteiger partial charge in [-0.25, -0.2) is 9.48 Å². The molecule has 2 amide bonds. The quantitative estimate of drug-likeness (QED) is 0.873. The zero-order chi connectivity index (χ0) is 14.8. The van der Waals surface area contributed by atoms with Crippen LogP contribution in [0.5, 0.6) is 0 Å². The minimum atomic E-state index is -1.09. The molecule has 1 saturated heterocycles. The Kier molecular flexibility index (Phi) is 3.27. The minimum absolute atomic E-state index is 0.159. The molecule has 3 rings (SSSR count). The van der Waals surface area contributed by atoms with Crippen molar-refractivity contribution in [3.63, 3.8) is 0 Å². The normalized spacial score (nSPS) is 15.3. The second-order valence-electron chi connectivity index (χ2n) is 4.61. The Balaban J connectivity index is 1.78. The highest BCUT2D eigenvalue weighted by Gasteiger charge is 2.29. The highest BCUT2D eigenvalue weighted by molar-refractivity contribution is 5.96. The summed E-state index contributed by atoms with van der Waals surface area (Å²) in [7, 11) is 0. The standard InChI is InChI=1S/C13H13N5O3/c19-12-9-16(13(20)21)6-7-17(12)11-8-18(15-14-11)10-4-2-1-3-5-10/h1-5,8H,6-7,9H2,(H,20,21). The van der Waals surface area contributed by atoms with Gasteiger partial charge in [-0.1, -0.05) is 23.4 Å². The van der Waals surface area contributed by atoms with Crippen LogP contribution in [0.3, 0.4) is 0 Å². The first-order valence-electron chi connectivity index (χ1n) is 6.41. The number of piperazine rings is 1. The molecule has 2 heterocycles. The maximum Gasteiger partial charge on any atom is 0.407 e. The van der Waals surface area contributed by atoms with E-state index < -0.39 is 6.09 Å². The lowest BCUT2D eigenvalue weighted by molar-refractivity contribution is -0.120. The van der Waals surface area contributed by atoms with E-state index in [1.807, 2.05) is 30.3 Å². The van der Waals surface area contributed by atoms with Crippen LogP contribution in [0.1, 0.15) is 0 Å². The van der Waals surface area contributed by atoms with Crippen molar-refractivity contribution in [1.29, 1.82) is 0 Å². The van der Waals surface area contributed by atoms with Gasteiger partial charge < -0.3 is 5.11 Å². The van der Waals surface area contributed by atoms with Crippen LogP contribution < -0.4 is 4.90 Å². The molecular weight excluding hydrogens is 274 g/mol. The molecule has 0 unspecified atom stereocenters. The van der Waals surface area contributed by atoms with Gasteiger partial charge in [-0.3, -0.25) is 14.6 Å².